The lowest BCUT2D eigenvalue weighted by molar-refractivity contribution is -0.125. The molecule has 1 amide bonds. The second kappa shape index (κ2) is 9.34. The number of hydrogen-bond donors (Lipinski definition) is 1. The van der Waals surface area contributed by atoms with E-state index in [1.807, 2.05) is 26.0 Å². The quantitative estimate of drug-likeness (QED) is 0.588. The summed E-state index contributed by atoms with van der Waals surface area (Å²) >= 11 is 5.68. The molecule has 0 saturated carbocycles. The zero-order valence-corrected chi connectivity index (χ0v) is 15.9. The molecule has 1 atom stereocenters. The number of amides is 1. The van der Waals surface area contributed by atoms with Crippen molar-refractivity contribution in [3.8, 4) is 0 Å². The van der Waals surface area contributed by atoms with Crippen LogP contribution in [0.1, 0.15) is 48.3 Å². The zero-order chi connectivity index (χ0) is 19.1. The number of pyridine rings is 1. The fourth-order valence-corrected chi connectivity index (χ4v) is 2.63. The predicted octanol–water partition coefficient (Wildman–Crippen LogP) is 3.97. The SMILES string of the molecule is CCc1ccc([C@H](NC(=O)COC(=O)c2ccc(Cl)nc2)C(C)C)cc1. The molecule has 138 valence electrons. The monoisotopic (exact) mass is 374 g/mol. The van der Waals surface area contributed by atoms with Gasteiger partial charge >= 0.3 is 5.97 Å². The standard InChI is InChI=1S/C20H23ClN2O3/c1-4-14-5-7-15(8-6-14)19(13(2)3)23-18(24)12-26-20(25)16-9-10-17(21)22-11-16/h5-11,13,19H,4,12H2,1-3H3,(H,23,24)/t19-/m1/s1. The first-order chi connectivity index (χ1) is 12.4. The van der Waals surface area contributed by atoms with E-state index in [9.17, 15) is 9.59 Å². The fraction of sp³-hybridized carbons (Fsp3) is 0.350. The van der Waals surface area contributed by atoms with Crippen LogP contribution in [0.5, 0.6) is 0 Å². The van der Waals surface area contributed by atoms with Crippen LogP contribution >= 0.6 is 11.6 Å². The van der Waals surface area contributed by atoms with Gasteiger partial charge in [0.1, 0.15) is 5.15 Å². The van der Waals surface area contributed by atoms with Crippen LogP contribution in [0.2, 0.25) is 5.15 Å². The molecule has 0 bridgehead atoms. The molecule has 1 aromatic heterocycles. The van der Waals surface area contributed by atoms with Crippen LogP contribution in [-0.2, 0) is 16.0 Å². The topological polar surface area (TPSA) is 68.3 Å². The molecule has 5 nitrogen and oxygen atoms in total. The van der Waals surface area contributed by atoms with Crippen LogP contribution in [-0.4, -0.2) is 23.5 Å². The minimum Gasteiger partial charge on any atom is -0.452 e. The molecule has 2 rings (SSSR count). The number of rotatable bonds is 7. The molecule has 26 heavy (non-hydrogen) atoms. The summed E-state index contributed by atoms with van der Waals surface area (Å²) in [5.41, 5.74) is 2.52. The second-order valence-electron chi connectivity index (χ2n) is 6.33. The lowest BCUT2D eigenvalue weighted by Crippen LogP contribution is -2.35. The van der Waals surface area contributed by atoms with Crippen LogP contribution in [0.25, 0.3) is 0 Å². The summed E-state index contributed by atoms with van der Waals surface area (Å²) in [6, 6.07) is 11.0. The molecular weight excluding hydrogens is 352 g/mol. The van der Waals surface area contributed by atoms with Gasteiger partial charge in [0.25, 0.3) is 5.91 Å². The van der Waals surface area contributed by atoms with Crippen LogP contribution in [0.4, 0.5) is 0 Å². The summed E-state index contributed by atoms with van der Waals surface area (Å²) in [6.45, 7) is 5.81. The molecule has 0 aliphatic carbocycles. The highest BCUT2D eigenvalue weighted by atomic mass is 35.5. The smallest absolute Gasteiger partial charge is 0.340 e. The first-order valence-electron chi connectivity index (χ1n) is 8.57. The summed E-state index contributed by atoms with van der Waals surface area (Å²) < 4.78 is 5.05. The van der Waals surface area contributed by atoms with E-state index in [0.717, 1.165) is 12.0 Å². The van der Waals surface area contributed by atoms with Crippen molar-refractivity contribution in [3.05, 3.63) is 64.4 Å². The number of ether oxygens (including phenoxy) is 1. The molecule has 0 saturated heterocycles. The van der Waals surface area contributed by atoms with Crippen LogP contribution in [0.3, 0.4) is 0 Å². The van der Waals surface area contributed by atoms with E-state index < -0.39 is 5.97 Å². The van der Waals surface area contributed by atoms with E-state index in [1.165, 1.54) is 23.9 Å². The number of hydrogen-bond acceptors (Lipinski definition) is 4. The normalized spacial score (nSPS) is 11.9. The molecule has 1 N–H and O–H groups in total. The number of aromatic nitrogens is 1. The number of carbonyl (C=O) groups is 2. The Bertz CT molecular complexity index is 743. The largest absolute Gasteiger partial charge is 0.452 e. The van der Waals surface area contributed by atoms with Crippen molar-refractivity contribution < 1.29 is 14.3 Å². The fourth-order valence-electron chi connectivity index (χ4n) is 2.52. The van der Waals surface area contributed by atoms with Crippen molar-refractivity contribution in [1.82, 2.24) is 10.3 Å². The summed E-state index contributed by atoms with van der Waals surface area (Å²) in [5, 5.41) is 3.22. The van der Waals surface area contributed by atoms with Gasteiger partial charge in [0.2, 0.25) is 0 Å². The Morgan fingerprint density at radius 2 is 1.85 bits per heavy atom. The minimum atomic E-state index is -0.613. The van der Waals surface area contributed by atoms with Crippen molar-refractivity contribution in [1.29, 1.82) is 0 Å². The minimum absolute atomic E-state index is 0.149. The maximum atomic E-state index is 12.2. The molecule has 0 spiro atoms. The maximum absolute atomic E-state index is 12.2. The van der Waals surface area contributed by atoms with Crippen molar-refractivity contribution in [2.45, 2.75) is 33.2 Å². The van der Waals surface area contributed by atoms with Crippen molar-refractivity contribution in [2.24, 2.45) is 5.92 Å². The average Bonchev–Trinajstić information content (AvgIpc) is 2.64. The number of nitrogens with one attached hydrogen (secondary N) is 1. The highest BCUT2D eigenvalue weighted by Gasteiger charge is 2.19. The Balaban J connectivity index is 1.94. The number of halogens is 1. The van der Waals surface area contributed by atoms with Gasteiger partial charge in [-0.2, -0.15) is 0 Å². The first-order valence-corrected chi connectivity index (χ1v) is 8.95. The van der Waals surface area contributed by atoms with E-state index in [0.29, 0.717) is 0 Å². The second-order valence-corrected chi connectivity index (χ2v) is 6.72. The van der Waals surface area contributed by atoms with Crippen LogP contribution in [0, 0.1) is 5.92 Å². The van der Waals surface area contributed by atoms with Gasteiger partial charge in [0.15, 0.2) is 6.61 Å². The molecule has 0 aliphatic rings. The summed E-state index contributed by atoms with van der Waals surface area (Å²) in [5.74, 6) is -0.765. The van der Waals surface area contributed by atoms with Gasteiger partial charge in [0.05, 0.1) is 11.6 Å². The van der Waals surface area contributed by atoms with E-state index >= 15 is 0 Å². The average molecular weight is 375 g/mol. The third kappa shape index (κ3) is 5.56. The van der Waals surface area contributed by atoms with E-state index in [-0.39, 0.29) is 35.2 Å². The Kier molecular flexibility index (Phi) is 7.16. The van der Waals surface area contributed by atoms with Gasteiger partial charge in [-0.1, -0.05) is 56.6 Å². The Labute approximate surface area is 158 Å². The maximum Gasteiger partial charge on any atom is 0.340 e. The van der Waals surface area contributed by atoms with Gasteiger partial charge in [-0.05, 0) is 35.6 Å². The van der Waals surface area contributed by atoms with Crippen molar-refractivity contribution >= 4 is 23.5 Å². The molecule has 0 aliphatic heterocycles. The third-order valence-electron chi connectivity index (χ3n) is 4.03. The number of aryl methyl sites for hydroxylation is 1. The van der Waals surface area contributed by atoms with E-state index in [4.69, 9.17) is 16.3 Å². The molecule has 2 aromatic rings. The van der Waals surface area contributed by atoms with Gasteiger partial charge in [-0.3, -0.25) is 4.79 Å². The summed E-state index contributed by atoms with van der Waals surface area (Å²) in [6.07, 6.45) is 2.28. The van der Waals surface area contributed by atoms with Gasteiger partial charge in [0, 0.05) is 6.20 Å². The number of carbonyl (C=O) groups excluding carboxylic acids is 2. The highest BCUT2D eigenvalue weighted by molar-refractivity contribution is 6.29. The van der Waals surface area contributed by atoms with Gasteiger partial charge in [-0.25, -0.2) is 9.78 Å². The molecule has 1 heterocycles. The third-order valence-corrected chi connectivity index (χ3v) is 4.25. The molecule has 1 aromatic carbocycles. The Hall–Kier alpha value is -2.40. The molecular formula is C20H23ClN2O3. The lowest BCUT2D eigenvalue weighted by atomic mass is 9.95. The van der Waals surface area contributed by atoms with Crippen molar-refractivity contribution in [3.63, 3.8) is 0 Å². The predicted molar refractivity (Wildman–Crippen MR) is 101 cm³/mol. The van der Waals surface area contributed by atoms with Crippen LogP contribution in [0.15, 0.2) is 42.6 Å². The van der Waals surface area contributed by atoms with E-state index in [2.05, 4.69) is 29.4 Å². The molecule has 0 unspecified atom stereocenters. The summed E-state index contributed by atoms with van der Waals surface area (Å²) in [4.78, 5) is 28.0. The number of benzene rings is 1. The zero-order valence-electron chi connectivity index (χ0n) is 15.2. The van der Waals surface area contributed by atoms with E-state index in [1.54, 1.807) is 0 Å². The Morgan fingerprint density at radius 3 is 2.38 bits per heavy atom. The van der Waals surface area contributed by atoms with Crippen LogP contribution < -0.4 is 5.32 Å². The highest BCUT2D eigenvalue weighted by Crippen LogP contribution is 2.22. The molecule has 6 heteroatoms. The Morgan fingerprint density at radius 1 is 1.15 bits per heavy atom. The summed E-state index contributed by atoms with van der Waals surface area (Å²) in [7, 11) is 0. The van der Waals surface area contributed by atoms with Crippen molar-refractivity contribution in [2.75, 3.05) is 6.61 Å². The van der Waals surface area contributed by atoms with Gasteiger partial charge in [-0.15, -0.1) is 0 Å². The van der Waals surface area contributed by atoms with Gasteiger partial charge < -0.3 is 10.1 Å². The molecule has 0 radical (unpaired) electrons. The first kappa shape index (κ1) is 19.9. The lowest BCUT2D eigenvalue weighted by Gasteiger charge is -2.23. The number of esters is 1. The molecule has 0 fully saturated rings. The number of nitrogens with zero attached hydrogens (tertiary/aromatic N) is 1.